The number of hydrogen-bond acceptors (Lipinski definition) is 3. The van der Waals surface area contributed by atoms with E-state index in [9.17, 15) is 0 Å². The zero-order valence-corrected chi connectivity index (χ0v) is 11.5. The molecule has 0 amide bonds. The van der Waals surface area contributed by atoms with Gasteiger partial charge in [0.2, 0.25) is 0 Å². The summed E-state index contributed by atoms with van der Waals surface area (Å²) in [6.07, 6.45) is 3.42. The number of nitrogens with one attached hydrogen (secondary N) is 1. The number of benzene rings is 1. The van der Waals surface area contributed by atoms with Crippen LogP contribution in [0.3, 0.4) is 0 Å². The predicted octanol–water partition coefficient (Wildman–Crippen LogP) is 3.56. The molecule has 1 aliphatic rings. The molecular weight excluding hydrogens is 234 g/mol. The molecule has 0 aliphatic carbocycles. The molecule has 0 bridgehead atoms. The van der Waals surface area contributed by atoms with E-state index in [1.165, 1.54) is 28.4 Å². The number of thioether (sulfide) groups is 2. The molecule has 2 atom stereocenters. The summed E-state index contributed by atoms with van der Waals surface area (Å²) in [6.45, 7) is 2.28. The van der Waals surface area contributed by atoms with Crippen LogP contribution in [0, 0.1) is 0 Å². The van der Waals surface area contributed by atoms with Gasteiger partial charge in [-0.2, -0.15) is 11.8 Å². The Labute approximate surface area is 107 Å². The lowest BCUT2D eigenvalue weighted by molar-refractivity contribution is 0.464. The van der Waals surface area contributed by atoms with E-state index in [1.54, 1.807) is 0 Å². The van der Waals surface area contributed by atoms with Gasteiger partial charge in [-0.05, 0) is 37.0 Å². The molecule has 1 aromatic carbocycles. The van der Waals surface area contributed by atoms with E-state index in [-0.39, 0.29) is 0 Å². The molecule has 1 N–H and O–H groups in total. The highest BCUT2D eigenvalue weighted by Crippen LogP contribution is 2.35. The molecule has 1 heterocycles. The Morgan fingerprint density at radius 2 is 2.31 bits per heavy atom. The molecule has 1 aliphatic heterocycles. The number of fused-ring (bicyclic) bond motifs is 1. The van der Waals surface area contributed by atoms with Gasteiger partial charge in [0, 0.05) is 22.7 Å². The maximum Gasteiger partial charge on any atom is 0.0341 e. The van der Waals surface area contributed by atoms with Crippen molar-refractivity contribution in [2.45, 2.75) is 30.3 Å². The summed E-state index contributed by atoms with van der Waals surface area (Å²) in [5, 5.41) is 3.74. The maximum absolute atomic E-state index is 3.74. The van der Waals surface area contributed by atoms with Gasteiger partial charge in [0.15, 0.2) is 0 Å². The SMILES string of the molecule is CSCC(C)NC1CCSc2ccccc21. The van der Waals surface area contributed by atoms with Gasteiger partial charge < -0.3 is 5.32 Å². The van der Waals surface area contributed by atoms with Gasteiger partial charge in [-0.1, -0.05) is 18.2 Å². The fourth-order valence-corrected chi connectivity index (χ4v) is 3.88. The Balaban J connectivity index is 2.07. The Morgan fingerprint density at radius 3 is 3.12 bits per heavy atom. The average Bonchev–Trinajstić information content (AvgIpc) is 2.30. The highest BCUT2D eigenvalue weighted by atomic mass is 32.2. The van der Waals surface area contributed by atoms with Crippen molar-refractivity contribution >= 4 is 23.5 Å². The van der Waals surface area contributed by atoms with Crippen molar-refractivity contribution in [3.8, 4) is 0 Å². The molecule has 0 radical (unpaired) electrons. The fraction of sp³-hybridized carbons (Fsp3) is 0.538. The lowest BCUT2D eigenvalue weighted by Gasteiger charge is -2.28. The van der Waals surface area contributed by atoms with E-state index in [1.807, 2.05) is 23.5 Å². The molecule has 1 nitrogen and oxygen atoms in total. The van der Waals surface area contributed by atoms with Crippen LogP contribution < -0.4 is 5.32 Å². The number of rotatable bonds is 4. The van der Waals surface area contributed by atoms with Crippen LogP contribution in [0.4, 0.5) is 0 Å². The zero-order chi connectivity index (χ0) is 11.4. The number of hydrogen-bond donors (Lipinski definition) is 1. The molecule has 88 valence electrons. The van der Waals surface area contributed by atoms with E-state index in [0.717, 1.165) is 0 Å². The molecule has 2 unspecified atom stereocenters. The van der Waals surface area contributed by atoms with Gasteiger partial charge in [0.25, 0.3) is 0 Å². The molecule has 2 rings (SSSR count). The van der Waals surface area contributed by atoms with Crippen LogP contribution >= 0.6 is 23.5 Å². The summed E-state index contributed by atoms with van der Waals surface area (Å²) in [6, 6.07) is 9.95. The van der Waals surface area contributed by atoms with Crippen LogP contribution in [-0.2, 0) is 0 Å². The van der Waals surface area contributed by atoms with Crippen molar-refractivity contribution in [2.75, 3.05) is 17.8 Å². The first-order chi connectivity index (χ1) is 7.81. The standard InChI is InChI=1S/C13H19NS2/c1-10(9-15-2)14-12-7-8-16-13-6-4-3-5-11(12)13/h3-6,10,12,14H,7-9H2,1-2H3. The molecule has 3 heteroatoms. The second kappa shape index (κ2) is 5.99. The van der Waals surface area contributed by atoms with E-state index >= 15 is 0 Å². The Bertz CT molecular complexity index is 340. The van der Waals surface area contributed by atoms with E-state index in [2.05, 4.69) is 42.8 Å². The lowest BCUT2D eigenvalue weighted by Crippen LogP contribution is -2.33. The smallest absolute Gasteiger partial charge is 0.0341 e. The van der Waals surface area contributed by atoms with Crippen molar-refractivity contribution in [3.05, 3.63) is 29.8 Å². The van der Waals surface area contributed by atoms with Crippen LogP contribution in [0.2, 0.25) is 0 Å². The van der Waals surface area contributed by atoms with Crippen molar-refractivity contribution in [3.63, 3.8) is 0 Å². The third-order valence-corrected chi connectivity index (χ3v) is 4.82. The van der Waals surface area contributed by atoms with Gasteiger partial charge in [0.05, 0.1) is 0 Å². The summed E-state index contributed by atoms with van der Waals surface area (Å²) >= 11 is 3.90. The third-order valence-electron chi connectivity index (χ3n) is 2.86. The first-order valence-electron chi connectivity index (χ1n) is 5.78. The van der Waals surface area contributed by atoms with E-state index in [0.29, 0.717) is 12.1 Å². The second-order valence-corrected chi connectivity index (χ2v) is 6.30. The van der Waals surface area contributed by atoms with Crippen LogP contribution in [0.15, 0.2) is 29.2 Å². The molecule has 0 saturated heterocycles. The van der Waals surface area contributed by atoms with Gasteiger partial charge in [0.1, 0.15) is 0 Å². The third kappa shape index (κ3) is 2.96. The normalized spacial score (nSPS) is 21.5. The summed E-state index contributed by atoms with van der Waals surface area (Å²) < 4.78 is 0. The van der Waals surface area contributed by atoms with E-state index < -0.39 is 0 Å². The monoisotopic (exact) mass is 253 g/mol. The summed E-state index contributed by atoms with van der Waals surface area (Å²) in [4.78, 5) is 1.46. The van der Waals surface area contributed by atoms with Gasteiger partial charge in [-0.25, -0.2) is 0 Å². The van der Waals surface area contributed by atoms with Gasteiger partial charge in [-0.3, -0.25) is 0 Å². The molecule has 0 fully saturated rings. The van der Waals surface area contributed by atoms with Crippen molar-refractivity contribution in [2.24, 2.45) is 0 Å². The Kier molecular flexibility index (Phi) is 4.62. The molecule has 0 saturated carbocycles. The van der Waals surface area contributed by atoms with Crippen LogP contribution in [0.25, 0.3) is 0 Å². The average molecular weight is 253 g/mol. The molecule has 0 spiro atoms. The zero-order valence-electron chi connectivity index (χ0n) is 9.90. The Hall–Kier alpha value is -0.120. The van der Waals surface area contributed by atoms with Crippen molar-refractivity contribution in [1.82, 2.24) is 5.32 Å². The highest BCUT2D eigenvalue weighted by Gasteiger charge is 2.21. The van der Waals surface area contributed by atoms with Crippen LogP contribution in [-0.4, -0.2) is 23.8 Å². The molecule has 16 heavy (non-hydrogen) atoms. The van der Waals surface area contributed by atoms with Crippen molar-refractivity contribution in [1.29, 1.82) is 0 Å². The molecule has 1 aromatic rings. The first kappa shape index (κ1) is 12.3. The minimum Gasteiger partial charge on any atom is -0.307 e. The lowest BCUT2D eigenvalue weighted by atomic mass is 10.0. The minimum atomic E-state index is 0.555. The Morgan fingerprint density at radius 1 is 1.50 bits per heavy atom. The predicted molar refractivity (Wildman–Crippen MR) is 75.5 cm³/mol. The summed E-state index contributed by atoms with van der Waals surface area (Å²) in [5.74, 6) is 2.42. The quantitative estimate of drug-likeness (QED) is 0.881. The summed E-state index contributed by atoms with van der Waals surface area (Å²) in [7, 11) is 0. The maximum atomic E-state index is 3.74. The highest BCUT2D eigenvalue weighted by molar-refractivity contribution is 7.99. The molecule has 0 aromatic heterocycles. The fourth-order valence-electron chi connectivity index (χ4n) is 2.16. The van der Waals surface area contributed by atoms with Crippen LogP contribution in [0.5, 0.6) is 0 Å². The van der Waals surface area contributed by atoms with Crippen molar-refractivity contribution < 1.29 is 0 Å². The second-order valence-electron chi connectivity index (χ2n) is 4.25. The topological polar surface area (TPSA) is 12.0 Å². The largest absolute Gasteiger partial charge is 0.307 e. The molecular formula is C13H19NS2. The summed E-state index contributed by atoms with van der Waals surface area (Å²) in [5.41, 5.74) is 1.49. The van der Waals surface area contributed by atoms with E-state index in [4.69, 9.17) is 0 Å². The minimum absolute atomic E-state index is 0.555. The van der Waals surface area contributed by atoms with Gasteiger partial charge >= 0.3 is 0 Å². The first-order valence-corrected chi connectivity index (χ1v) is 8.16. The van der Waals surface area contributed by atoms with Crippen LogP contribution in [0.1, 0.15) is 24.9 Å². The van der Waals surface area contributed by atoms with Gasteiger partial charge in [-0.15, -0.1) is 11.8 Å².